The van der Waals surface area contributed by atoms with Gasteiger partial charge in [0.2, 0.25) is 0 Å². The zero-order chi connectivity index (χ0) is 6.85. The van der Waals surface area contributed by atoms with Gasteiger partial charge in [-0.15, -0.1) is 10.5 Å². The van der Waals surface area contributed by atoms with E-state index in [2.05, 4.69) is 10.5 Å². The van der Waals surface area contributed by atoms with Crippen LogP contribution in [-0.2, 0) is 9.59 Å². The summed E-state index contributed by atoms with van der Waals surface area (Å²) in [5.74, 6) is -1.47. The van der Waals surface area contributed by atoms with Crippen LogP contribution in [0.5, 0.6) is 0 Å². The minimum atomic E-state index is -0.819. The van der Waals surface area contributed by atoms with Crippen molar-refractivity contribution >= 4 is 18.2 Å². The fourth-order valence-corrected chi connectivity index (χ4v) is 0.402. The molecule has 0 aliphatic carbocycles. The molecule has 1 radical (unpaired) electrons. The van der Waals surface area contributed by atoms with Crippen LogP contribution in [-0.4, -0.2) is 30.1 Å². The van der Waals surface area contributed by atoms with Gasteiger partial charge in [-0.2, -0.15) is 0 Å². The Labute approximate surface area is 51.3 Å². The molecule has 0 bridgehead atoms. The molecule has 0 saturated carbocycles. The Kier molecular flexibility index (Phi) is 1.18. The smallest absolute Gasteiger partial charge is 0.296 e. The number of nitrogens with zero attached hydrogens (tertiary/aromatic N) is 3. The summed E-state index contributed by atoms with van der Waals surface area (Å²) in [4.78, 5) is 21.9. The predicted molar refractivity (Wildman–Crippen MR) is 28.4 cm³/mol. The molecule has 1 aliphatic rings. The van der Waals surface area contributed by atoms with Gasteiger partial charge in [0.15, 0.2) is 0 Å². The summed E-state index contributed by atoms with van der Waals surface area (Å²) in [6, 6.07) is 0. The van der Waals surface area contributed by atoms with Gasteiger partial charge in [-0.1, -0.05) is 0 Å². The highest BCUT2D eigenvalue weighted by Gasteiger charge is 2.21. The number of likely N-dealkylation sites (N-methyl/N-ethyl adjacent to an activating group) is 1. The lowest BCUT2D eigenvalue weighted by Crippen LogP contribution is -2.39. The Morgan fingerprint density at radius 1 is 1.56 bits per heavy atom. The Hall–Kier alpha value is -1.39. The molecule has 0 saturated heterocycles. The third kappa shape index (κ3) is 0.883. The molecule has 1 rings (SSSR count). The molecule has 2 amide bonds. The van der Waals surface area contributed by atoms with Crippen LogP contribution in [0.2, 0.25) is 0 Å². The second-order valence-electron chi connectivity index (χ2n) is 1.55. The van der Waals surface area contributed by atoms with Crippen molar-refractivity contribution in [2.24, 2.45) is 5.10 Å². The zero-order valence-corrected chi connectivity index (χ0v) is 4.74. The molecule has 47 valence electrons. The van der Waals surface area contributed by atoms with Gasteiger partial charge in [-0.3, -0.25) is 14.5 Å². The van der Waals surface area contributed by atoms with Gasteiger partial charge in [0.05, 0.1) is 0 Å². The average Bonchev–Trinajstić information content (AvgIpc) is 1.83. The fourth-order valence-electron chi connectivity index (χ4n) is 0.402. The average molecular weight is 126 g/mol. The molecule has 0 atom stereocenters. The lowest BCUT2D eigenvalue weighted by molar-refractivity contribution is -0.143. The first-order valence-electron chi connectivity index (χ1n) is 2.27. The molecule has 1 aliphatic heterocycles. The van der Waals surface area contributed by atoms with Crippen LogP contribution in [0.1, 0.15) is 0 Å². The molecule has 0 spiro atoms. The van der Waals surface area contributed by atoms with E-state index in [0.717, 1.165) is 4.90 Å². The highest BCUT2D eigenvalue weighted by Crippen LogP contribution is 1.87. The van der Waals surface area contributed by atoms with Crippen LogP contribution in [0.25, 0.3) is 0 Å². The van der Waals surface area contributed by atoms with Crippen molar-refractivity contribution in [2.75, 3.05) is 7.05 Å². The van der Waals surface area contributed by atoms with Gasteiger partial charge in [0.25, 0.3) is 0 Å². The molecular weight excluding hydrogens is 122 g/mol. The highest BCUT2D eigenvalue weighted by molar-refractivity contribution is 6.37. The molecule has 5 heteroatoms. The van der Waals surface area contributed by atoms with Gasteiger partial charge >= 0.3 is 11.8 Å². The van der Waals surface area contributed by atoms with E-state index >= 15 is 0 Å². The monoisotopic (exact) mass is 126 g/mol. The summed E-state index contributed by atoms with van der Waals surface area (Å²) in [6.07, 6.45) is 1.18. The predicted octanol–water partition coefficient (Wildman–Crippen LogP) is -1.47. The summed E-state index contributed by atoms with van der Waals surface area (Å²) in [5, 5.41) is 3.25. The van der Waals surface area contributed by atoms with Crippen LogP contribution in [0, 0.1) is 0 Å². The largest absolute Gasteiger partial charge is 0.353 e. The lowest BCUT2D eigenvalue weighted by Gasteiger charge is -2.10. The van der Waals surface area contributed by atoms with Crippen molar-refractivity contribution in [1.29, 1.82) is 0 Å². The van der Waals surface area contributed by atoms with Gasteiger partial charge in [0.1, 0.15) is 6.34 Å². The van der Waals surface area contributed by atoms with Crippen molar-refractivity contribution < 1.29 is 9.59 Å². The summed E-state index contributed by atoms with van der Waals surface area (Å²) in [5.41, 5.74) is 3.00. The molecule has 0 unspecified atom stereocenters. The Balaban J connectivity index is 2.81. The molecule has 0 fully saturated rings. The van der Waals surface area contributed by atoms with Gasteiger partial charge in [-0.05, 0) is 0 Å². The standard InChI is InChI=1S/C4H4N3O2/c1-7-2-5-6-3(8)4(7)9/h2H,1H3. The van der Waals surface area contributed by atoms with Crippen LogP contribution in [0.4, 0.5) is 0 Å². The van der Waals surface area contributed by atoms with E-state index in [9.17, 15) is 9.59 Å². The normalized spacial score (nSPS) is 18.1. The number of carbonyl (C=O) groups is 2. The van der Waals surface area contributed by atoms with Gasteiger partial charge in [0, 0.05) is 7.05 Å². The number of amides is 2. The third-order valence-corrected chi connectivity index (χ3v) is 0.877. The fraction of sp³-hybridized carbons (Fsp3) is 0.250. The van der Waals surface area contributed by atoms with Crippen LogP contribution < -0.4 is 5.43 Å². The van der Waals surface area contributed by atoms with E-state index in [1.54, 1.807) is 0 Å². The Morgan fingerprint density at radius 3 is 2.67 bits per heavy atom. The van der Waals surface area contributed by atoms with Crippen molar-refractivity contribution in [3.05, 3.63) is 0 Å². The first kappa shape index (κ1) is 5.74. The summed E-state index contributed by atoms with van der Waals surface area (Å²) in [7, 11) is 1.44. The quantitative estimate of drug-likeness (QED) is 0.372. The maximum Gasteiger partial charge on any atom is 0.353 e. The van der Waals surface area contributed by atoms with Crippen molar-refractivity contribution in [3.8, 4) is 0 Å². The van der Waals surface area contributed by atoms with E-state index in [0.29, 0.717) is 0 Å². The molecule has 9 heavy (non-hydrogen) atoms. The maximum absolute atomic E-state index is 10.5. The maximum atomic E-state index is 10.5. The second-order valence-corrected chi connectivity index (χ2v) is 1.55. The lowest BCUT2D eigenvalue weighted by atomic mass is 10.5. The number of carbonyl (C=O) groups excluding carboxylic acids is 2. The topological polar surface area (TPSA) is 63.8 Å². The third-order valence-electron chi connectivity index (χ3n) is 0.877. The minimum absolute atomic E-state index is 0.648. The van der Waals surface area contributed by atoms with Crippen molar-refractivity contribution in [3.63, 3.8) is 0 Å². The van der Waals surface area contributed by atoms with E-state index in [1.807, 2.05) is 0 Å². The highest BCUT2D eigenvalue weighted by atomic mass is 16.2. The Morgan fingerprint density at radius 2 is 2.22 bits per heavy atom. The SMILES string of the molecule is CN1C=N[N]C(=O)C1=O. The summed E-state index contributed by atoms with van der Waals surface area (Å²) in [6.45, 7) is 0. The molecule has 0 aromatic rings. The second kappa shape index (κ2) is 1.85. The van der Waals surface area contributed by atoms with Crippen LogP contribution in [0.15, 0.2) is 5.10 Å². The zero-order valence-electron chi connectivity index (χ0n) is 4.74. The van der Waals surface area contributed by atoms with Crippen LogP contribution >= 0.6 is 0 Å². The minimum Gasteiger partial charge on any atom is -0.296 e. The molecular formula is C4H4N3O2. The molecule has 1 heterocycles. The van der Waals surface area contributed by atoms with E-state index < -0.39 is 11.8 Å². The van der Waals surface area contributed by atoms with Gasteiger partial charge in [-0.25, -0.2) is 0 Å². The first-order valence-corrected chi connectivity index (χ1v) is 2.27. The van der Waals surface area contributed by atoms with E-state index in [1.165, 1.54) is 13.4 Å². The number of rotatable bonds is 0. The van der Waals surface area contributed by atoms with Crippen molar-refractivity contribution in [2.45, 2.75) is 0 Å². The Bertz CT molecular complexity index is 186. The van der Waals surface area contributed by atoms with E-state index in [-0.39, 0.29) is 0 Å². The molecule has 0 N–H and O–H groups in total. The first-order chi connectivity index (χ1) is 4.22. The summed E-state index contributed by atoms with van der Waals surface area (Å²) >= 11 is 0. The van der Waals surface area contributed by atoms with E-state index in [4.69, 9.17) is 0 Å². The summed E-state index contributed by atoms with van der Waals surface area (Å²) < 4.78 is 0. The molecule has 0 aromatic carbocycles. The van der Waals surface area contributed by atoms with Gasteiger partial charge < -0.3 is 0 Å². The molecule has 5 nitrogen and oxygen atoms in total. The number of hydrogen-bond acceptors (Lipinski definition) is 3. The number of hydrogen-bond donors (Lipinski definition) is 0. The van der Waals surface area contributed by atoms with Crippen molar-refractivity contribution in [1.82, 2.24) is 10.3 Å². The molecule has 0 aromatic heterocycles. The van der Waals surface area contributed by atoms with Crippen LogP contribution in [0.3, 0.4) is 0 Å².